The van der Waals surface area contributed by atoms with Crippen molar-refractivity contribution in [1.82, 2.24) is 20.1 Å². The van der Waals surface area contributed by atoms with E-state index in [9.17, 15) is 0 Å². The molecule has 0 saturated carbocycles. The lowest BCUT2D eigenvalue weighted by Gasteiger charge is -2.23. The second-order valence-corrected chi connectivity index (χ2v) is 5.78. The number of aryl methyl sites for hydroxylation is 2. The fourth-order valence-electron chi connectivity index (χ4n) is 2.79. The largest absolute Gasteiger partial charge is 0.308 e. The van der Waals surface area contributed by atoms with Gasteiger partial charge in [-0.15, -0.1) is 0 Å². The molecular formula is C17H22N4. The number of nitrogens with zero attached hydrogens (tertiary/aromatic N) is 3. The lowest BCUT2D eigenvalue weighted by molar-refractivity contribution is 0.367. The summed E-state index contributed by atoms with van der Waals surface area (Å²) in [6, 6.07) is 10.9. The van der Waals surface area contributed by atoms with Crippen molar-refractivity contribution >= 4 is 6.08 Å². The number of fused-ring (bicyclic) bond motifs is 1. The Balaban J connectivity index is 1.55. The zero-order chi connectivity index (χ0) is 14.7. The Morgan fingerprint density at radius 3 is 3.00 bits per heavy atom. The summed E-state index contributed by atoms with van der Waals surface area (Å²) in [6.07, 6.45) is 4.39. The highest BCUT2D eigenvalue weighted by Gasteiger charge is 2.20. The van der Waals surface area contributed by atoms with Gasteiger partial charge in [0.15, 0.2) is 0 Å². The molecule has 0 spiro atoms. The summed E-state index contributed by atoms with van der Waals surface area (Å²) in [5.41, 5.74) is 2.61. The van der Waals surface area contributed by atoms with Gasteiger partial charge in [0.2, 0.25) is 0 Å². The van der Waals surface area contributed by atoms with Gasteiger partial charge in [0.05, 0.1) is 6.54 Å². The number of nitrogens with one attached hydrogen (secondary N) is 1. The predicted molar refractivity (Wildman–Crippen MR) is 85.0 cm³/mol. The first-order valence-electron chi connectivity index (χ1n) is 7.56. The second-order valence-electron chi connectivity index (χ2n) is 5.78. The van der Waals surface area contributed by atoms with Crippen molar-refractivity contribution in [2.45, 2.75) is 39.3 Å². The lowest BCUT2D eigenvalue weighted by atomic mass is 10.1. The molecule has 4 nitrogen and oxygen atoms in total. The van der Waals surface area contributed by atoms with Crippen LogP contribution in [-0.2, 0) is 13.0 Å². The van der Waals surface area contributed by atoms with E-state index in [1.807, 2.05) is 17.7 Å². The van der Waals surface area contributed by atoms with E-state index in [0.29, 0.717) is 6.04 Å². The third-order valence-corrected chi connectivity index (χ3v) is 3.85. The minimum atomic E-state index is 0.484. The molecule has 1 N–H and O–H groups in total. The monoisotopic (exact) mass is 282 g/mol. The first-order valence-corrected chi connectivity index (χ1v) is 7.56. The van der Waals surface area contributed by atoms with Gasteiger partial charge in [-0.2, -0.15) is 5.10 Å². The highest BCUT2D eigenvalue weighted by Crippen LogP contribution is 2.13. The average molecular weight is 282 g/mol. The minimum Gasteiger partial charge on any atom is -0.308 e. The zero-order valence-electron chi connectivity index (χ0n) is 12.7. The van der Waals surface area contributed by atoms with Crippen LogP contribution >= 0.6 is 0 Å². The fourth-order valence-corrected chi connectivity index (χ4v) is 2.79. The summed E-state index contributed by atoms with van der Waals surface area (Å²) in [7, 11) is 0. The van der Waals surface area contributed by atoms with Crippen LogP contribution in [0.2, 0.25) is 0 Å². The number of hydrogen-bond acceptors (Lipinski definition) is 3. The molecule has 0 bridgehead atoms. The molecule has 0 saturated heterocycles. The number of hydrogen-bond donors (Lipinski definition) is 1. The van der Waals surface area contributed by atoms with Crippen LogP contribution in [0, 0.1) is 6.92 Å². The Labute approximate surface area is 125 Å². The average Bonchev–Trinajstić information content (AvgIpc) is 2.85. The molecule has 21 heavy (non-hydrogen) atoms. The first-order chi connectivity index (χ1) is 10.2. The molecule has 2 aromatic rings. The van der Waals surface area contributed by atoms with Crippen molar-refractivity contribution in [2.75, 3.05) is 6.54 Å². The molecule has 4 heteroatoms. The summed E-state index contributed by atoms with van der Waals surface area (Å²) >= 11 is 0. The highest BCUT2D eigenvalue weighted by atomic mass is 15.4. The van der Waals surface area contributed by atoms with Gasteiger partial charge in [0.25, 0.3) is 0 Å². The molecule has 0 fully saturated rings. The van der Waals surface area contributed by atoms with Gasteiger partial charge in [-0.05, 0) is 25.8 Å². The van der Waals surface area contributed by atoms with Gasteiger partial charge >= 0.3 is 0 Å². The molecule has 0 radical (unpaired) electrons. The van der Waals surface area contributed by atoms with Crippen molar-refractivity contribution in [3.05, 3.63) is 53.1 Å². The van der Waals surface area contributed by atoms with Crippen molar-refractivity contribution in [2.24, 2.45) is 0 Å². The summed E-state index contributed by atoms with van der Waals surface area (Å²) < 4.78 is 2.05. The quantitative estimate of drug-likeness (QED) is 0.937. The van der Waals surface area contributed by atoms with E-state index in [0.717, 1.165) is 37.6 Å². The van der Waals surface area contributed by atoms with Crippen LogP contribution in [0.15, 0.2) is 35.9 Å². The molecular weight excluding hydrogens is 260 g/mol. The van der Waals surface area contributed by atoms with E-state index < -0.39 is 0 Å². The third-order valence-electron chi connectivity index (χ3n) is 3.85. The SMILES string of the molecule is C/C(=C\c1ccccc1)CN[C@H]1CCc2nc(C)nn2C1. The van der Waals surface area contributed by atoms with E-state index in [2.05, 4.69) is 52.7 Å². The molecule has 110 valence electrons. The van der Waals surface area contributed by atoms with E-state index in [4.69, 9.17) is 0 Å². The molecule has 3 rings (SSSR count). The fraction of sp³-hybridized carbons (Fsp3) is 0.412. The van der Waals surface area contributed by atoms with Gasteiger partial charge < -0.3 is 5.32 Å². The number of aromatic nitrogens is 3. The molecule has 2 heterocycles. The maximum atomic E-state index is 4.45. The Bertz CT molecular complexity index is 627. The topological polar surface area (TPSA) is 42.7 Å². The van der Waals surface area contributed by atoms with Crippen LogP contribution in [0.25, 0.3) is 6.08 Å². The summed E-state index contributed by atoms with van der Waals surface area (Å²) in [6.45, 7) is 5.98. The molecule has 0 aliphatic carbocycles. The predicted octanol–water partition coefficient (Wildman–Crippen LogP) is 2.59. The smallest absolute Gasteiger partial charge is 0.147 e. The molecule has 1 atom stereocenters. The van der Waals surface area contributed by atoms with Crippen molar-refractivity contribution in [3.63, 3.8) is 0 Å². The van der Waals surface area contributed by atoms with Crippen LogP contribution in [0.1, 0.15) is 30.6 Å². The highest BCUT2D eigenvalue weighted by molar-refractivity contribution is 5.52. The summed E-state index contributed by atoms with van der Waals surface area (Å²) in [4.78, 5) is 4.45. The Kier molecular flexibility index (Phi) is 4.15. The maximum absolute atomic E-state index is 4.45. The third kappa shape index (κ3) is 3.58. The van der Waals surface area contributed by atoms with Crippen LogP contribution in [0.3, 0.4) is 0 Å². The Hall–Kier alpha value is -1.94. The minimum absolute atomic E-state index is 0.484. The van der Waals surface area contributed by atoms with E-state index in [1.165, 1.54) is 11.1 Å². The van der Waals surface area contributed by atoms with Crippen LogP contribution in [-0.4, -0.2) is 27.4 Å². The molecule has 1 aliphatic rings. The van der Waals surface area contributed by atoms with Gasteiger partial charge in [0.1, 0.15) is 11.6 Å². The first kappa shape index (κ1) is 14.0. The Morgan fingerprint density at radius 1 is 1.38 bits per heavy atom. The molecule has 0 unspecified atom stereocenters. The van der Waals surface area contributed by atoms with Gasteiger partial charge in [-0.25, -0.2) is 9.67 Å². The zero-order valence-corrected chi connectivity index (χ0v) is 12.7. The van der Waals surface area contributed by atoms with Crippen molar-refractivity contribution < 1.29 is 0 Å². The van der Waals surface area contributed by atoms with Crippen LogP contribution in [0.4, 0.5) is 0 Å². The van der Waals surface area contributed by atoms with E-state index in [-0.39, 0.29) is 0 Å². The Morgan fingerprint density at radius 2 is 2.19 bits per heavy atom. The second kappa shape index (κ2) is 6.22. The maximum Gasteiger partial charge on any atom is 0.147 e. The van der Waals surface area contributed by atoms with E-state index >= 15 is 0 Å². The summed E-state index contributed by atoms with van der Waals surface area (Å²) in [5, 5.41) is 8.08. The van der Waals surface area contributed by atoms with Crippen molar-refractivity contribution in [1.29, 1.82) is 0 Å². The van der Waals surface area contributed by atoms with Crippen LogP contribution in [0.5, 0.6) is 0 Å². The summed E-state index contributed by atoms with van der Waals surface area (Å²) in [5.74, 6) is 2.01. The normalized spacial score (nSPS) is 18.6. The lowest BCUT2D eigenvalue weighted by Crippen LogP contribution is -2.38. The van der Waals surface area contributed by atoms with Gasteiger partial charge in [0, 0.05) is 19.0 Å². The molecule has 1 aromatic carbocycles. The molecule has 1 aliphatic heterocycles. The number of rotatable bonds is 4. The van der Waals surface area contributed by atoms with Crippen LogP contribution < -0.4 is 5.32 Å². The van der Waals surface area contributed by atoms with Gasteiger partial charge in [-0.3, -0.25) is 0 Å². The van der Waals surface area contributed by atoms with E-state index in [1.54, 1.807) is 0 Å². The van der Waals surface area contributed by atoms with Gasteiger partial charge in [-0.1, -0.05) is 42.0 Å². The standard InChI is InChI=1S/C17H22N4/c1-13(10-15-6-4-3-5-7-15)11-18-16-8-9-17-19-14(2)20-21(17)12-16/h3-7,10,16,18H,8-9,11-12H2,1-2H3/b13-10+/t16-/m0/s1. The molecule has 0 amide bonds. The van der Waals surface area contributed by atoms with Crippen molar-refractivity contribution in [3.8, 4) is 0 Å². The number of benzene rings is 1. The molecule has 1 aromatic heterocycles.